The Bertz CT molecular complexity index is 701. The summed E-state index contributed by atoms with van der Waals surface area (Å²) in [6.07, 6.45) is 36.3. The van der Waals surface area contributed by atoms with E-state index >= 15 is 0 Å². The van der Waals surface area contributed by atoms with E-state index in [1.807, 2.05) is 0 Å². The van der Waals surface area contributed by atoms with Crippen molar-refractivity contribution in [1.82, 2.24) is 0 Å². The first-order valence-corrected chi connectivity index (χ1v) is 18.2. The summed E-state index contributed by atoms with van der Waals surface area (Å²) in [4.78, 5) is 24.8. The van der Waals surface area contributed by atoms with Gasteiger partial charge in [-0.1, -0.05) is 115 Å². The Morgan fingerprint density at radius 3 is 1.32 bits per heavy atom. The minimum Gasteiger partial charge on any atom is -1.00 e. The number of halogens is 1. The molecule has 0 saturated heterocycles. The van der Waals surface area contributed by atoms with Crippen molar-refractivity contribution in [2.24, 2.45) is 0 Å². The Morgan fingerprint density at radius 1 is 0.545 bits per heavy atom. The lowest BCUT2D eigenvalue weighted by Gasteiger charge is -2.28. The maximum absolute atomic E-state index is 12.5. The molecule has 0 radical (unpaired) electrons. The molecule has 0 N–H and O–H groups in total. The van der Waals surface area contributed by atoms with Gasteiger partial charge in [-0.2, -0.15) is 0 Å². The van der Waals surface area contributed by atoms with E-state index in [0.717, 1.165) is 38.5 Å². The molecular weight excluding hydrogens is 570 g/mol. The van der Waals surface area contributed by atoms with Crippen molar-refractivity contribution in [2.75, 3.05) is 34.3 Å². The van der Waals surface area contributed by atoms with Gasteiger partial charge in [-0.15, -0.1) is 0 Å². The van der Waals surface area contributed by atoms with Crippen molar-refractivity contribution in [1.29, 1.82) is 0 Å². The topological polar surface area (TPSA) is 52.6 Å². The van der Waals surface area contributed by atoms with Gasteiger partial charge in [-0.25, -0.2) is 0 Å². The van der Waals surface area contributed by atoms with Crippen LogP contribution in [0.5, 0.6) is 0 Å². The second-order valence-electron chi connectivity index (χ2n) is 13.5. The number of hydrogen-bond acceptors (Lipinski definition) is 4. The molecule has 260 valence electrons. The van der Waals surface area contributed by atoms with Gasteiger partial charge in [0.05, 0.1) is 21.1 Å². The van der Waals surface area contributed by atoms with Crippen molar-refractivity contribution in [3.63, 3.8) is 0 Å². The van der Waals surface area contributed by atoms with Gasteiger partial charge in [0.2, 0.25) is 0 Å². The zero-order chi connectivity index (χ0) is 31.9. The fraction of sp³-hybridized carbons (Fsp3) is 0.842. The number of rotatable bonds is 31. The van der Waals surface area contributed by atoms with Crippen LogP contribution in [-0.2, 0) is 19.1 Å². The molecular formula is C38H72ClNO4. The smallest absolute Gasteiger partial charge is 0.306 e. The number of allylic oxidation sites excluding steroid dienone is 4. The highest BCUT2D eigenvalue weighted by Gasteiger charge is 2.23. The Balaban J connectivity index is 0. The Hall–Kier alpha value is -1.33. The van der Waals surface area contributed by atoms with E-state index in [0.29, 0.717) is 23.9 Å². The lowest BCUT2D eigenvalue weighted by Crippen LogP contribution is -3.00. The Kier molecular flexibility index (Phi) is 33.6. The van der Waals surface area contributed by atoms with E-state index in [1.54, 1.807) is 0 Å². The molecule has 0 spiro atoms. The fourth-order valence-electron chi connectivity index (χ4n) is 5.21. The minimum absolute atomic E-state index is 0. The third kappa shape index (κ3) is 35.2. The molecule has 0 bridgehead atoms. The molecule has 1 unspecified atom stereocenters. The molecule has 0 aromatic rings. The minimum atomic E-state index is -0.398. The molecule has 0 aromatic heterocycles. The van der Waals surface area contributed by atoms with Gasteiger partial charge < -0.3 is 26.4 Å². The second-order valence-corrected chi connectivity index (χ2v) is 13.5. The highest BCUT2D eigenvalue weighted by atomic mass is 35.5. The summed E-state index contributed by atoms with van der Waals surface area (Å²) in [6.45, 7) is 5.28. The summed E-state index contributed by atoms with van der Waals surface area (Å²) in [6, 6.07) is 0. The maximum Gasteiger partial charge on any atom is 0.306 e. The average Bonchev–Trinajstić information content (AvgIpc) is 2.96. The number of hydrogen-bond donors (Lipinski definition) is 0. The summed E-state index contributed by atoms with van der Waals surface area (Å²) in [5.41, 5.74) is 0. The first-order chi connectivity index (χ1) is 20.8. The number of carbonyl (C=O) groups excluding carboxylic acids is 2. The average molecular weight is 642 g/mol. The van der Waals surface area contributed by atoms with Crippen molar-refractivity contribution >= 4 is 11.9 Å². The Morgan fingerprint density at radius 2 is 0.909 bits per heavy atom. The summed E-state index contributed by atoms with van der Waals surface area (Å²) >= 11 is 0. The third-order valence-electron chi connectivity index (χ3n) is 7.77. The number of unbranched alkanes of at least 4 members (excludes halogenated alkanes) is 18. The normalized spacial score (nSPS) is 12.5. The summed E-state index contributed by atoms with van der Waals surface area (Å²) in [5.74, 6) is -0.355. The zero-order valence-electron chi connectivity index (χ0n) is 29.7. The van der Waals surface area contributed by atoms with E-state index in [-0.39, 0.29) is 31.0 Å². The molecule has 0 aliphatic heterocycles. The molecule has 0 aliphatic carbocycles. The van der Waals surface area contributed by atoms with Crippen LogP contribution in [0.1, 0.15) is 168 Å². The molecule has 0 saturated carbocycles. The molecule has 0 fully saturated rings. The second kappa shape index (κ2) is 33.0. The van der Waals surface area contributed by atoms with Crippen LogP contribution < -0.4 is 12.4 Å². The van der Waals surface area contributed by atoms with Crippen molar-refractivity contribution < 1.29 is 36.0 Å². The van der Waals surface area contributed by atoms with Crippen molar-refractivity contribution in [3.05, 3.63) is 24.3 Å². The summed E-state index contributed by atoms with van der Waals surface area (Å²) in [7, 11) is 6.19. The number of carbonyl (C=O) groups is 2. The molecule has 0 heterocycles. The monoisotopic (exact) mass is 642 g/mol. The van der Waals surface area contributed by atoms with Crippen LogP contribution in [0, 0.1) is 0 Å². The summed E-state index contributed by atoms with van der Waals surface area (Å²) in [5, 5.41) is 0. The number of likely N-dealkylation sites (N-methyl/N-ethyl adjacent to an activating group) is 1. The van der Waals surface area contributed by atoms with E-state index in [2.05, 4.69) is 59.3 Å². The van der Waals surface area contributed by atoms with Gasteiger partial charge in [0.25, 0.3) is 0 Å². The zero-order valence-corrected chi connectivity index (χ0v) is 30.5. The van der Waals surface area contributed by atoms with Crippen LogP contribution in [-0.4, -0.2) is 56.8 Å². The van der Waals surface area contributed by atoms with Crippen molar-refractivity contribution in [3.8, 4) is 0 Å². The number of esters is 2. The van der Waals surface area contributed by atoms with Crippen LogP contribution in [0.4, 0.5) is 0 Å². The van der Waals surface area contributed by atoms with Crippen LogP contribution >= 0.6 is 0 Å². The van der Waals surface area contributed by atoms with E-state index in [1.165, 1.54) is 103 Å². The predicted octanol–water partition coefficient (Wildman–Crippen LogP) is 7.67. The Labute approximate surface area is 280 Å². The standard InChI is InChI=1S/C38H72NO4.ClH/c1-6-8-10-12-14-16-18-20-22-24-26-28-30-32-37(40)42-35-36(34-39(3,4)5)43-38(41)33-31-29-27-25-23-21-19-17-15-13-11-9-7-2;/h16-19,36H,6-15,20-35H2,1-5H3;1H/q+1;/p-1/b18-16-,19-17-;. The summed E-state index contributed by atoms with van der Waals surface area (Å²) < 4.78 is 11.9. The van der Waals surface area contributed by atoms with Gasteiger partial charge >= 0.3 is 11.9 Å². The van der Waals surface area contributed by atoms with Crippen LogP contribution in [0.25, 0.3) is 0 Å². The van der Waals surface area contributed by atoms with E-state index in [4.69, 9.17) is 9.47 Å². The maximum atomic E-state index is 12.5. The lowest BCUT2D eigenvalue weighted by atomic mass is 10.1. The number of ether oxygens (including phenoxy) is 2. The first-order valence-electron chi connectivity index (χ1n) is 18.2. The van der Waals surface area contributed by atoms with Gasteiger partial charge in [0.1, 0.15) is 13.2 Å². The first kappa shape index (κ1) is 44.8. The van der Waals surface area contributed by atoms with Crippen LogP contribution in [0.2, 0.25) is 0 Å². The van der Waals surface area contributed by atoms with Crippen LogP contribution in [0.15, 0.2) is 24.3 Å². The lowest BCUT2D eigenvalue weighted by molar-refractivity contribution is -0.873. The van der Waals surface area contributed by atoms with Gasteiger partial charge in [0, 0.05) is 12.8 Å². The largest absolute Gasteiger partial charge is 1.00 e. The molecule has 1 atom stereocenters. The van der Waals surface area contributed by atoms with Gasteiger partial charge in [-0.05, 0) is 64.2 Å². The van der Waals surface area contributed by atoms with E-state index in [9.17, 15) is 9.59 Å². The molecule has 0 amide bonds. The molecule has 0 aromatic carbocycles. The highest BCUT2D eigenvalue weighted by Crippen LogP contribution is 2.12. The SMILES string of the molecule is CCCCCC/C=C\CCCCCCCC(=O)OCC(C[N+](C)(C)C)OC(=O)CCCCCCC/C=C\CCCCCC.[Cl-]. The highest BCUT2D eigenvalue weighted by molar-refractivity contribution is 5.70. The van der Waals surface area contributed by atoms with Crippen molar-refractivity contribution in [2.45, 2.75) is 174 Å². The third-order valence-corrected chi connectivity index (χ3v) is 7.77. The predicted molar refractivity (Wildman–Crippen MR) is 184 cm³/mol. The number of quaternary nitrogens is 1. The van der Waals surface area contributed by atoms with Gasteiger partial charge in [-0.3, -0.25) is 9.59 Å². The van der Waals surface area contributed by atoms with Crippen LogP contribution in [0.3, 0.4) is 0 Å². The number of nitrogens with zero attached hydrogens (tertiary/aromatic N) is 1. The van der Waals surface area contributed by atoms with E-state index < -0.39 is 6.10 Å². The molecule has 44 heavy (non-hydrogen) atoms. The molecule has 0 aliphatic rings. The molecule has 0 rings (SSSR count). The molecule has 6 heteroatoms. The molecule has 5 nitrogen and oxygen atoms in total. The quantitative estimate of drug-likeness (QED) is 0.0337. The van der Waals surface area contributed by atoms with Gasteiger partial charge in [0.15, 0.2) is 6.10 Å². The fourth-order valence-corrected chi connectivity index (χ4v) is 5.21.